The van der Waals surface area contributed by atoms with Crippen molar-refractivity contribution >= 4 is 0 Å². The molecule has 130 valence electrons. The molecule has 0 amide bonds. The lowest BCUT2D eigenvalue weighted by molar-refractivity contribution is 0.469. The zero-order chi connectivity index (χ0) is 17.2. The van der Waals surface area contributed by atoms with Crippen molar-refractivity contribution in [1.29, 1.82) is 0 Å². The predicted molar refractivity (Wildman–Crippen MR) is 104 cm³/mol. The van der Waals surface area contributed by atoms with Crippen LogP contribution in [-0.2, 0) is 12.8 Å². The molecule has 1 N–H and O–H groups in total. The van der Waals surface area contributed by atoms with E-state index in [4.69, 9.17) is 0 Å². The monoisotopic (exact) mass is 324 g/mol. The highest BCUT2D eigenvalue weighted by Crippen LogP contribution is 2.24. The van der Waals surface area contributed by atoms with Crippen LogP contribution < -0.4 is 0 Å². The number of aromatic hydroxyl groups is 1. The standard InChI is InChI=1S/C23H32O/c1-3-4-5-6-7-8-9-13-20-15-16-23(24)22(17-20)18-21-14-11-10-12-19(21)2/h10-12,14-17,24H,3-9,13,18H2,1-2H3. The van der Waals surface area contributed by atoms with E-state index in [0.717, 1.165) is 18.4 Å². The molecule has 0 unspecified atom stereocenters. The quantitative estimate of drug-likeness (QED) is 0.489. The number of unbranched alkanes of at least 4 members (excludes halogenated alkanes) is 6. The van der Waals surface area contributed by atoms with E-state index in [1.54, 1.807) is 0 Å². The number of phenolic OH excluding ortho intramolecular Hbond substituents is 1. The lowest BCUT2D eigenvalue weighted by Gasteiger charge is -2.10. The van der Waals surface area contributed by atoms with Crippen LogP contribution in [0.4, 0.5) is 0 Å². The molecule has 0 saturated carbocycles. The summed E-state index contributed by atoms with van der Waals surface area (Å²) < 4.78 is 0. The van der Waals surface area contributed by atoms with E-state index in [0.29, 0.717) is 5.75 Å². The van der Waals surface area contributed by atoms with Gasteiger partial charge in [0, 0.05) is 6.42 Å². The molecule has 1 heteroatoms. The molecule has 0 heterocycles. The van der Waals surface area contributed by atoms with Crippen molar-refractivity contribution in [3.05, 3.63) is 64.7 Å². The van der Waals surface area contributed by atoms with Crippen molar-refractivity contribution in [3.63, 3.8) is 0 Å². The smallest absolute Gasteiger partial charge is 0.119 e. The summed E-state index contributed by atoms with van der Waals surface area (Å²) in [6, 6.07) is 14.6. The third-order valence-corrected chi connectivity index (χ3v) is 4.86. The Balaban J connectivity index is 1.86. The molecular formula is C23H32O. The Kier molecular flexibility index (Phi) is 7.88. The van der Waals surface area contributed by atoms with Gasteiger partial charge >= 0.3 is 0 Å². The van der Waals surface area contributed by atoms with Gasteiger partial charge < -0.3 is 5.11 Å². The molecule has 0 aliphatic rings. The van der Waals surface area contributed by atoms with E-state index in [-0.39, 0.29) is 0 Å². The molecule has 24 heavy (non-hydrogen) atoms. The van der Waals surface area contributed by atoms with Gasteiger partial charge in [-0.1, -0.05) is 81.8 Å². The van der Waals surface area contributed by atoms with Gasteiger partial charge in [-0.25, -0.2) is 0 Å². The molecular weight excluding hydrogens is 292 g/mol. The third kappa shape index (κ3) is 6.03. The van der Waals surface area contributed by atoms with Gasteiger partial charge in [0.2, 0.25) is 0 Å². The van der Waals surface area contributed by atoms with Crippen LogP contribution in [0.25, 0.3) is 0 Å². The molecule has 0 fully saturated rings. The van der Waals surface area contributed by atoms with Crippen molar-refractivity contribution in [1.82, 2.24) is 0 Å². The van der Waals surface area contributed by atoms with Crippen molar-refractivity contribution in [2.24, 2.45) is 0 Å². The fourth-order valence-corrected chi connectivity index (χ4v) is 3.24. The molecule has 0 radical (unpaired) electrons. The molecule has 0 bridgehead atoms. The summed E-state index contributed by atoms with van der Waals surface area (Å²) >= 11 is 0. The Morgan fingerprint density at radius 3 is 2.25 bits per heavy atom. The van der Waals surface area contributed by atoms with Crippen LogP contribution in [-0.4, -0.2) is 5.11 Å². The first-order chi connectivity index (χ1) is 11.7. The molecule has 0 aliphatic carbocycles. The minimum Gasteiger partial charge on any atom is -0.508 e. The number of hydrogen-bond acceptors (Lipinski definition) is 1. The number of hydrogen-bond donors (Lipinski definition) is 1. The third-order valence-electron chi connectivity index (χ3n) is 4.86. The van der Waals surface area contributed by atoms with Gasteiger partial charge in [0.15, 0.2) is 0 Å². The molecule has 0 saturated heterocycles. The average Bonchev–Trinajstić information content (AvgIpc) is 2.59. The zero-order valence-electron chi connectivity index (χ0n) is 15.4. The molecule has 0 aromatic heterocycles. The van der Waals surface area contributed by atoms with Crippen LogP contribution >= 0.6 is 0 Å². The van der Waals surface area contributed by atoms with Gasteiger partial charge in [-0.15, -0.1) is 0 Å². The highest BCUT2D eigenvalue weighted by Gasteiger charge is 2.06. The van der Waals surface area contributed by atoms with Crippen LogP contribution in [0.1, 0.15) is 74.1 Å². The summed E-state index contributed by atoms with van der Waals surface area (Å²) in [6.07, 6.45) is 11.3. The lowest BCUT2D eigenvalue weighted by Crippen LogP contribution is -1.94. The first kappa shape index (κ1) is 18.6. The first-order valence-electron chi connectivity index (χ1n) is 9.56. The second kappa shape index (κ2) is 10.2. The van der Waals surface area contributed by atoms with E-state index >= 15 is 0 Å². The summed E-state index contributed by atoms with van der Waals surface area (Å²) in [6.45, 7) is 4.40. The van der Waals surface area contributed by atoms with Gasteiger partial charge in [-0.2, -0.15) is 0 Å². The van der Waals surface area contributed by atoms with Crippen LogP contribution in [0.15, 0.2) is 42.5 Å². The Morgan fingerprint density at radius 2 is 1.50 bits per heavy atom. The Labute approximate surface area is 147 Å². The maximum Gasteiger partial charge on any atom is 0.119 e. The van der Waals surface area contributed by atoms with E-state index in [9.17, 15) is 5.11 Å². The summed E-state index contributed by atoms with van der Waals surface area (Å²) in [5, 5.41) is 10.2. The summed E-state index contributed by atoms with van der Waals surface area (Å²) in [5.74, 6) is 0.418. The number of phenols is 1. The largest absolute Gasteiger partial charge is 0.508 e. The van der Waals surface area contributed by atoms with Gasteiger partial charge in [0.1, 0.15) is 5.75 Å². The zero-order valence-corrected chi connectivity index (χ0v) is 15.4. The maximum atomic E-state index is 10.2. The van der Waals surface area contributed by atoms with Crippen LogP contribution in [0, 0.1) is 6.92 Å². The van der Waals surface area contributed by atoms with E-state index in [2.05, 4.69) is 50.2 Å². The SMILES string of the molecule is CCCCCCCCCc1ccc(O)c(Cc2ccccc2C)c1. The maximum absolute atomic E-state index is 10.2. The first-order valence-corrected chi connectivity index (χ1v) is 9.56. The minimum absolute atomic E-state index is 0.418. The van der Waals surface area contributed by atoms with E-state index in [1.165, 1.54) is 61.6 Å². The van der Waals surface area contributed by atoms with Crippen molar-refractivity contribution in [2.45, 2.75) is 71.6 Å². The van der Waals surface area contributed by atoms with E-state index in [1.807, 2.05) is 6.07 Å². The van der Waals surface area contributed by atoms with Gasteiger partial charge in [-0.05, 0) is 48.1 Å². The molecule has 2 aromatic rings. The van der Waals surface area contributed by atoms with Gasteiger partial charge in [0.05, 0.1) is 0 Å². The van der Waals surface area contributed by atoms with Gasteiger partial charge in [0.25, 0.3) is 0 Å². The van der Waals surface area contributed by atoms with Crippen LogP contribution in [0.5, 0.6) is 5.75 Å². The molecule has 0 spiro atoms. The molecule has 0 atom stereocenters. The van der Waals surface area contributed by atoms with Crippen LogP contribution in [0.2, 0.25) is 0 Å². The highest BCUT2D eigenvalue weighted by molar-refractivity contribution is 5.41. The highest BCUT2D eigenvalue weighted by atomic mass is 16.3. The number of benzene rings is 2. The van der Waals surface area contributed by atoms with Crippen molar-refractivity contribution in [3.8, 4) is 5.75 Å². The second-order valence-electron chi connectivity index (χ2n) is 6.94. The van der Waals surface area contributed by atoms with Gasteiger partial charge in [-0.3, -0.25) is 0 Å². The van der Waals surface area contributed by atoms with Crippen LogP contribution in [0.3, 0.4) is 0 Å². The summed E-state index contributed by atoms with van der Waals surface area (Å²) in [5.41, 5.74) is 4.98. The Morgan fingerprint density at radius 1 is 0.792 bits per heavy atom. The number of aryl methyl sites for hydroxylation is 2. The summed E-state index contributed by atoms with van der Waals surface area (Å²) in [4.78, 5) is 0. The average molecular weight is 325 g/mol. The fourth-order valence-electron chi connectivity index (χ4n) is 3.24. The number of rotatable bonds is 10. The molecule has 2 aromatic carbocycles. The topological polar surface area (TPSA) is 20.2 Å². The second-order valence-corrected chi connectivity index (χ2v) is 6.94. The van der Waals surface area contributed by atoms with Crippen molar-refractivity contribution < 1.29 is 5.11 Å². The summed E-state index contributed by atoms with van der Waals surface area (Å²) in [7, 11) is 0. The Bertz CT molecular complexity index is 615. The minimum atomic E-state index is 0.418. The molecule has 0 aliphatic heterocycles. The fraction of sp³-hybridized carbons (Fsp3) is 0.478. The van der Waals surface area contributed by atoms with E-state index < -0.39 is 0 Å². The van der Waals surface area contributed by atoms with Crippen molar-refractivity contribution in [2.75, 3.05) is 0 Å². The molecule has 1 nitrogen and oxygen atoms in total. The Hall–Kier alpha value is -1.76. The normalized spacial score (nSPS) is 10.9. The molecule has 2 rings (SSSR count). The predicted octanol–water partition coefficient (Wildman–Crippen LogP) is 6.58. The lowest BCUT2D eigenvalue weighted by atomic mass is 9.97.